The smallest absolute Gasteiger partial charge is 0.243 e. The number of nitrogens with one attached hydrogen (secondary N) is 1. The molecule has 0 bridgehead atoms. The number of nitrogens with zero attached hydrogens (tertiary/aromatic N) is 4. The third-order valence-electron chi connectivity index (χ3n) is 3.29. The predicted octanol–water partition coefficient (Wildman–Crippen LogP) is 3.55. The lowest BCUT2D eigenvalue weighted by Crippen LogP contribution is -2.10. The van der Waals surface area contributed by atoms with Gasteiger partial charge in [-0.1, -0.05) is 29.8 Å². The molecule has 5 nitrogen and oxygen atoms in total. The van der Waals surface area contributed by atoms with E-state index in [1.54, 1.807) is 6.20 Å². The number of benzene rings is 1. The molecule has 0 spiro atoms. The topological polar surface area (TPSA) is 63.6 Å². The Morgan fingerprint density at radius 2 is 1.96 bits per heavy atom. The minimum atomic E-state index is 0.495. The zero-order valence-electron chi connectivity index (χ0n) is 12.7. The molecule has 0 aliphatic heterocycles. The number of anilines is 1. The summed E-state index contributed by atoms with van der Waals surface area (Å²) in [5.41, 5.74) is 3.70. The van der Waals surface area contributed by atoms with Crippen LogP contribution in [0.3, 0.4) is 0 Å². The van der Waals surface area contributed by atoms with Gasteiger partial charge in [-0.05, 0) is 31.2 Å². The van der Waals surface area contributed by atoms with Crippen LogP contribution in [-0.4, -0.2) is 26.7 Å². The average Bonchev–Trinajstić information content (AvgIpc) is 2.55. The zero-order valence-corrected chi connectivity index (χ0v) is 13.5. The molecule has 0 amide bonds. The van der Waals surface area contributed by atoms with Crippen LogP contribution in [0, 0.1) is 6.92 Å². The van der Waals surface area contributed by atoms with Gasteiger partial charge in [-0.15, -0.1) is 5.10 Å². The number of pyridine rings is 1. The minimum absolute atomic E-state index is 0.495. The molecule has 3 rings (SSSR count). The van der Waals surface area contributed by atoms with E-state index in [9.17, 15) is 0 Å². The molecule has 2 heterocycles. The first-order chi connectivity index (χ1) is 11.2. The van der Waals surface area contributed by atoms with Gasteiger partial charge in [0.05, 0.1) is 11.9 Å². The lowest BCUT2D eigenvalue weighted by Gasteiger charge is -2.06. The molecule has 0 saturated heterocycles. The van der Waals surface area contributed by atoms with Gasteiger partial charge in [-0.25, -0.2) is 4.98 Å². The molecular weight excluding hydrogens is 310 g/mol. The van der Waals surface area contributed by atoms with Crippen molar-refractivity contribution in [3.63, 3.8) is 0 Å². The number of rotatable bonds is 5. The maximum absolute atomic E-state index is 6.01. The molecule has 0 aliphatic rings. The molecule has 116 valence electrons. The second kappa shape index (κ2) is 7.15. The van der Waals surface area contributed by atoms with Crippen LogP contribution in [0.5, 0.6) is 0 Å². The highest BCUT2D eigenvalue weighted by Gasteiger charge is 2.04. The summed E-state index contributed by atoms with van der Waals surface area (Å²) in [5, 5.41) is 11.9. The molecule has 0 radical (unpaired) electrons. The van der Waals surface area contributed by atoms with E-state index in [1.165, 1.54) is 0 Å². The highest BCUT2D eigenvalue weighted by atomic mass is 35.5. The summed E-state index contributed by atoms with van der Waals surface area (Å²) in [6, 6.07) is 13.5. The summed E-state index contributed by atoms with van der Waals surface area (Å²) in [6.45, 7) is 2.68. The molecule has 0 atom stereocenters. The quantitative estimate of drug-likeness (QED) is 0.777. The van der Waals surface area contributed by atoms with Crippen LogP contribution in [0.4, 0.5) is 5.95 Å². The summed E-state index contributed by atoms with van der Waals surface area (Å²) < 4.78 is 0. The fourth-order valence-electron chi connectivity index (χ4n) is 2.21. The molecule has 1 N–H and O–H groups in total. The number of halogens is 1. The Morgan fingerprint density at radius 3 is 2.78 bits per heavy atom. The highest BCUT2D eigenvalue weighted by Crippen LogP contribution is 2.20. The van der Waals surface area contributed by atoms with Crippen molar-refractivity contribution < 1.29 is 0 Å². The maximum atomic E-state index is 6.01. The van der Waals surface area contributed by atoms with Crippen molar-refractivity contribution in [2.45, 2.75) is 13.3 Å². The van der Waals surface area contributed by atoms with Crippen LogP contribution in [0.2, 0.25) is 5.02 Å². The summed E-state index contributed by atoms with van der Waals surface area (Å²) in [5.74, 6) is 0.495. The Balaban J connectivity index is 1.66. The van der Waals surface area contributed by atoms with Crippen LogP contribution in [0.15, 0.2) is 48.7 Å². The first-order valence-corrected chi connectivity index (χ1v) is 7.70. The van der Waals surface area contributed by atoms with Crippen molar-refractivity contribution in [3.05, 3.63) is 65.1 Å². The molecular formula is C17H16ClN5. The van der Waals surface area contributed by atoms with Crippen molar-refractivity contribution in [2.75, 3.05) is 11.9 Å². The molecule has 0 fully saturated rings. The van der Waals surface area contributed by atoms with Gasteiger partial charge in [-0.3, -0.25) is 4.98 Å². The summed E-state index contributed by atoms with van der Waals surface area (Å²) in [4.78, 5) is 8.94. The molecule has 1 aromatic carbocycles. The molecule has 2 aromatic heterocycles. The maximum Gasteiger partial charge on any atom is 0.243 e. The number of aryl methyl sites for hydroxylation is 1. The van der Waals surface area contributed by atoms with E-state index >= 15 is 0 Å². The molecule has 3 aromatic rings. The largest absolute Gasteiger partial charge is 0.353 e. The number of aromatic nitrogens is 4. The van der Waals surface area contributed by atoms with Crippen LogP contribution >= 0.6 is 11.6 Å². The van der Waals surface area contributed by atoms with Gasteiger partial charge in [0.15, 0.2) is 0 Å². The Hall–Kier alpha value is -2.53. The second-order valence-corrected chi connectivity index (χ2v) is 5.56. The van der Waals surface area contributed by atoms with Gasteiger partial charge in [0.1, 0.15) is 0 Å². The van der Waals surface area contributed by atoms with Crippen LogP contribution in [0.25, 0.3) is 11.3 Å². The summed E-state index contributed by atoms with van der Waals surface area (Å²) in [6.07, 6.45) is 2.42. The van der Waals surface area contributed by atoms with Crippen molar-refractivity contribution in [1.29, 1.82) is 0 Å². The Labute approximate surface area is 139 Å². The van der Waals surface area contributed by atoms with Crippen molar-refractivity contribution >= 4 is 17.5 Å². The Kier molecular flexibility index (Phi) is 4.78. The highest BCUT2D eigenvalue weighted by molar-refractivity contribution is 6.30. The first-order valence-electron chi connectivity index (χ1n) is 7.33. The second-order valence-electron chi connectivity index (χ2n) is 5.12. The minimum Gasteiger partial charge on any atom is -0.353 e. The fraction of sp³-hybridized carbons (Fsp3) is 0.176. The van der Waals surface area contributed by atoms with Crippen LogP contribution < -0.4 is 5.32 Å². The Bertz CT molecular complexity index is 806. The normalized spacial score (nSPS) is 10.5. The third-order valence-corrected chi connectivity index (χ3v) is 3.52. The van der Waals surface area contributed by atoms with Gasteiger partial charge in [0.25, 0.3) is 0 Å². The lowest BCUT2D eigenvalue weighted by molar-refractivity contribution is 0.904. The van der Waals surface area contributed by atoms with E-state index < -0.39 is 0 Å². The average molecular weight is 326 g/mol. The van der Waals surface area contributed by atoms with E-state index in [4.69, 9.17) is 11.6 Å². The van der Waals surface area contributed by atoms with Gasteiger partial charge >= 0.3 is 0 Å². The molecule has 0 saturated carbocycles. The van der Waals surface area contributed by atoms with E-state index in [2.05, 4.69) is 25.5 Å². The van der Waals surface area contributed by atoms with Crippen LogP contribution in [-0.2, 0) is 6.42 Å². The van der Waals surface area contributed by atoms with Crippen molar-refractivity contribution in [3.8, 4) is 11.3 Å². The van der Waals surface area contributed by atoms with E-state index in [0.29, 0.717) is 17.5 Å². The standard InChI is InChI=1S/C17H16ClN5/c1-12-4-2-7-15(21-12)8-9-19-17-22-16(11-20-23-17)13-5-3-6-14(18)10-13/h2-7,10-11H,8-9H2,1H3,(H,19,22,23). The molecule has 6 heteroatoms. The predicted molar refractivity (Wildman–Crippen MR) is 91.4 cm³/mol. The SMILES string of the molecule is Cc1cccc(CCNc2nncc(-c3cccc(Cl)c3)n2)n1. The summed E-state index contributed by atoms with van der Waals surface area (Å²) >= 11 is 6.01. The molecule has 0 aliphatic carbocycles. The van der Waals surface area contributed by atoms with Gasteiger partial charge in [0, 0.05) is 34.9 Å². The van der Waals surface area contributed by atoms with Crippen LogP contribution in [0.1, 0.15) is 11.4 Å². The van der Waals surface area contributed by atoms with Gasteiger partial charge in [-0.2, -0.15) is 5.10 Å². The van der Waals surface area contributed by atoms with E-state index in [0.717, 1.165) is 29.1 Å². The first kappa shape index (κ1) is 15.4. The number of hydrogen-bond donors (Lipinski definition) is 1. The summed E-state index contributed by atoms with van der Waals surface area (Å²) in [7, 11) is 0. The van der Waals surface area contributed by atoms with Crippen molar-refractivity contribution in [1.82, 2.24) is 20.2 Å². The van der Waals surface area contributed by atoms with Crippen molar-refractivity contribution in [2.24, 2.45) is 0 Å². The molecule has 23 heavy (non-hydrogen) atoms. The lowest BCUT2D eigenvalue weighted by atomic mass is 10.2. The number of hydrogen-bond acceptors (Lipinski definition) is 5. The van der Waals surface area contributed by atoms with E-state index in [1.807, 2.05) is 49.4 Å². The molecule has 0 unspecified atom stereocenters. The fourth-order valence-corrected chi connectivity index (χ4v) is 2.40. The monoisotopic (exact) mass is 325 g/mol. The van der Waals surface area contributed by atoms with Gasteiger partial charge in [0.2, 0.25) is 5.95 Å². The zero-order chi connectivity index (χ0) is 16.1. The third kappa shape index (κ3) is 4.23. The van der Waals surface area contributed by atoms with E-state index in [-0.39, 0.29) is 0 Å². The Morgan fingerprint density at radius 1 is 1.09 bits per heavy atom. The van der Waals surface area contributed by atoms with Gasteiger partial charge < -0.3 is 5.32 Å².